The van der Waals surface area contributed by atoms with E-state index in [2.05, 4.69) is 22.2 Å². The summed E-state index contributed by atoms with van der Waals surface area (Å²) in [5, 5.41) is 4.31. The van der Waals surface area contributed by atoms with Crippen molar-refractivity contribution in [3.8, 4) is 0 Å². The molecule has 1 atom stereocenters. The maximum Gasteiger partial charge on any atom is 0.244 e. The number of aromatic nitrogens is 4. The number of likely N-dealkylation sites (tertiary alicyclic amines) is 1. The van der Waals surface area contributed by atoms with E-state index in [1.54, 1.807) is 16.8 Å². The molecule has 0 spiro atoms. The molecule has 2 aromatic heterocycles. The highest BCUT2D eigenvalue weighted by Crippen LogP contribution is 2.27. The van der Waals surface area contributed by atoms with Crippen molar-refractivity contribution in [1.82, 2.24) is 24.6 Å². The fourth-order valence-electron chi connectivity index (χ4n) is 4.35. The van der Waals surface area contributed by atoms with Gasteiger partial charge in [-0.1, -0.05) is 12.1 Å². The standard InChI is InChI=1S/C24H28FN5O/c1-16-10-20(11-19-6-4-8-22(25)12-19)13-23(26-16)21-7-5-9-29(14-21)24(31)15-30-18(3)27-17(2)28-30/h4,6,8,10,12-13,21H,5,7,9,11,14-15H2,1-3H3. The van der Waals surface area contributed by atoms with Gasteiger partial charge in [0.15, 0.2) is 0 Å². The number of carbonyl (C=O) groups excluding carboxylic acids is 1. The minimum atomic E-state index is -0.220. The number of halogens is 1. The zero-order valence-electron chi connectivity index (χ0n) is 18.3. The number of amides is 1. The van der Waals surface area contributed by atoms with Crippen LogP contribution in [0.2, 0.25) is 0 Å². The van der Waals surface area contributed by atoms with Crippen LogP contribution in [-0.2, 0) is 17.8 Å². The summed E-state index contributed by atoms with van der Waals surface area (Å²) in [4.78, 5) is 23.9. The summed E-state index contributed by atoms with van der Waals surface area (Å²) in [7, 11) is 0. The Morgan fingerprint density at radius 1 is 1.13 bits per heavy atom. The molecule has 0 radical (unpaired) electrons. The molecule has 3 heterocycles. The van der Waals surface area contributed by atoms with Crippen molar-refractivity contribution in [1.29, 1.82) is 0 Å². The molecule has 6 nitrogen and oxygen atoms in total. The Labute approximate surface area is 182 Å². The first kappa shape index (κ1) is 21.2. The van der Waals surface area contributed by atoms with Gasteiger partial charge >= 0.3 is 0 Å². The molecule has 1 aliphatic rings. The number of hydrogen-bond acceptors (Lipinski definition) is 4. The van der Waals surface area contributed by atoms with Crippen LogP contribution in [0.25, 0.3) is 0 Å². The van der Waals surface area contributed by atoms with Crippen LogP contribution in [0.1, 0.15) is 52.9 Å². The smallest absolute Gasteiger partial charge is 0.244 e. The van der Waals surface area contributed by atoms with Gasteiger partial charge < -0.3 is 4.90 Å². The van der Waals surface area contributed by atoms with Crippen LogP contribution in [-0.4, -0.2) is 43.6 Å². The minimum absolute atomic E-state index is 0.0605. The van der Waals surface area contributed by atoms with E-state index < -0.39 is 0 Å². The van der Waals surface area contributed by atoms with E-state index >= 15 is 0 Å². The molecule has 162 valence electrons. The lowest BCUT2D eigenvalue weighted by Gasteiger charge is -2.33. The molecule has 1 unspecified atom stereocenters. The van der Waals surface area contributed by atoms with Gasteiger partial charge in [0.25, 0.3) is 0 Å². The Morgan fingerprint density at radius 2 is 1.97 bits per heavy atom. The van der Waals surface area contributed by atoms with E-state index in [-0.39, 0.29) is 24.2 Å². The number of carbonyl (C=O) groups is 1. The third kappa shape index (κ3) is 5.16. The lowest BCUT2D eigenvalue weighted by molar-refractivity contribution is -0.133. The first-order chi connectivity index (χ1) is 14.9. The highest BCUT2D eigenvalue weighted by atomic mass is 19.1. The molecule has 31 heavy (non-hydrogen) atoms. The van der Waals surface area contributed by atoms with Crippen molar-refractivity contribution in [2.45, 2.75) is 52.5 Å². The van der Waals surface area contributed by atoms with E-state index in [1.807, 2.05) is 31.7 Å². The number of pyridine rings is 1. The second-order valence-electron chi connectivity index (χ2n) is 8.39. The molecule has 7 heteroatoms. The summed E-state index contributed by atoms with van der Waals surface area (Å²) in [6, 6.07) is 10.9. The second kappa shape index (κ2) is 8.96. The molecule has 1 saturated heterocycles. The van der Waals surface area contributed by atoms with E-state index in [0.717, 1.165) is 47.7 Å². The van der Waals surface area contributed by atoms with Gasteiger partial charge in [-0.05, 0) is 75.4 Å². The predicted octanol–water partition coefficient (Wildman–Crippen LogP) is 3.73. The maximum absolute atomic E-state index is 13.6. The first-order valence-corrected chi connectivity index (χ1v) is 10.7. The number of nitrogens with zero attached hydrogens (tertiary/aromatic N) is 5. The van der Waals surface area contributed by atoms with Crippen molar-refractivity contribution < 1.29 is 9.18 Å². The Morgan fingerprint density at radius 3 is 2.71 bits per heavy atom. The fourth-order valence-corrected chi connectivity index (χ4v) is 4.35. The van der Waals surface area contributed by atoms with Crippen LogP contribution in [0.4, 0.5) is 4.39 Å². The van der Waals surface area contributed by atoms with Crippen LogP contribution in [0, 0.1) is 26.6 Å². The molecular weight excluding hydrogens is 393 g/mol. The molecule has 1 fully saturated rings. The fraction of sp³-hybridized carbons (Fsp3) is 0.417. The maximum atomic E-state index is 13.6. The topological polar surface area (TPSA) is 63.9 Å². The van der Waals surface area contributed by atoms with Crippen LogP contribution in [0.3, 0.4) is 0 Å². The monoisotopic (exact) mass is 421 g/mol. The molecule has 0 saturated carbocycles. The molecule has 0 aliphatic carbocycles. The summed E-state index contributed by atoms with van der Waals surface area (Å²) in [5.41, 5.74) is 4.01. The lowest BCUT2D eigenvalue weighted by Crippen LogP contribution is -2.41. The summed E-state index contributed by atoms with van der Waals surface area (Å²) < 4.78 is 15.2. The highest BCUT2D eigenvalue weighted by Gasteiger charge is 2.26. The van der Waals surface area contributed by atoms with Gasteiger partial charge in [0.2, 0.25) is 5.91 Å². The number of aryl methyl sites for hydroxylation is 3. The number of hydrogen-bond donors (Lipinski definition) is 0. The normalized spacial score (nSPS) is 16.5. The van der Waals surface area contributed by atoms with Crippen molar-refractivity contribution in [3.05, 3.63) is 76.4 Å². The molecular formula is C24H28FN5O. The van der Waals surface area contributed by atoms with Crippen LogP contribution >= 0.6 is 0 Å². The number of benzene rings is 1. The zero-order chi connectivity index (χ0) is 22.0. The Hall–Kier alpha value is -3.09. The third-order valence-electron chi connectivity index (χ3n) is 5.77. The SMILES string of the molecule is Cc1cc(Cc2cccc(F)c2)cc(C2CCCN(C(=O)Cn3nc(C)nc3C)C2)n1. The third-order valence-corrected chi connectivity index (χ3v) is 5.77. The molecule has 1 aromatic carbocycles. The summed E-state index contributed by atoms with van der Waals surface area (Å²) in [5.74, 6) is 1.47. The quantitative estimate of drug-likeness (QED) is 0.630. The van der Waals surface area contributed by atoms with Gasteiger partial charge in [-0.2, -0.15) is 5.10 Å². The number of piperidine rings is 1. The van der Waals surface area contributed by atoms with Gasteiger partial charge in [0.1, 0.15) is 24.0 Å². The van der Waals surface area contributed by atoms with Gasteiger partial charge in [-0.15, -0.1) is 0 Å². The summed E-state index contributed by atoms with van der Waals surface area (Å²) in [6.07, 6.45) is 2.61. The zero-order valence-corrected chi connectivity index (χ0v) is 18.3. The predicted molar refractivity (Wildman–Crippen MR) is 116 cm³/mol. The molecule has 3 aromatic rings. The average Bonchev–Trinajstić information content (AvgIpc) is 3.04. The molecule has 0 N–H and O–H groups in total. The Balaban J connectivity index is 1.48. The first-order valence-electron chi connectivity index (χ1n) is 10.7. The highest BCUT2D eigenvalue weighted by molar-refractivity contribution is 5.76. The van der Waals surface area contributed by atoms with E-state index in [0.29, 0.717) is 18.8 Å². The van der Waals surface area contributed by atoms with Crippen LogP contribution < -0.4 is 0 Å². The van der Waals surface area contributed by atoms with E-state index in [9.17, 15) is 9.18 Å². The summed E-state index contributed by atoms with van der Waals surface area (Å²) in [6.45, 7) is 7.30. The van der Waals surface area contributed by atoms with Crippen molar-refractivity contribution in [3.63, 3.8) is 0 Å². The van der Waals surface area contributed by atoms with Crippen LogP contribution in [0.15, 0.2) is 36.4 Å². The van der Waals surface area contributed by atoms with E-state index in [4.69, 9.17) is 4.98 Å². The Kier molecular flexibility index (Phi) is 6.11. The van der Waals surface area contributed by atoms with E-state index in [1.165, 1.54) is 6.07 Å². The van der Waals surface area contributed by atoms with Crippen molar-refractivity contribution >= 4 is 5.91 Å². The largest absolute Gasteiger partial charge is 0.340 e. The molecule has 4 rings (SSSR count). The lowest BCUT2D eigenvalue weighted by atomic mass is 9.92. The Bertz CT molecular complexity index is 1090. The van der Waals surface area contributed by atoms with Crippen LogP contribution in [0.5, 0.6) is 0 Å². The van der Waals surface area contributed by atoms with Crippen molar-refractivity contribution in [2.24, 2.45) is 0 Å². The van der Waals surface area contributed by atoms with Gasteiger partial charge in [0, 0.05) is 30.4 Å². The second-order valence-corrected chi connectivity index (χ2v) is 8.39. The minimum Gasteiger partial charge on any atom is -0.340 e. The number of rotatable bonds is 5. The molecule has 1 aliphatic heterocycles. The van der Waals surface area contributed by atoms with Crippen molar-refractivity contribution in [2.75, 3.05) is 13.1 Å². The molecule has 1 amide bonds. The van der Waals surface area contributed by atoms with Gasteiger partial charge in [-0.25, -0.2) is 14.1 Å². The van der Waals surface area contributed by atoms with Gasteiger partial charge in [-0.3, -0.25) is 9.78 Å². The summed E-state index contributed by atoms with van der Waals surface area (Å²) >= 11 is 0. The average molecular weight is 422 g/mol. The molecule has 0 bridgehead atoms. The van der Waals surface area contributed by atoms with Gasteiger partial charge in [0.05, 0.1) is 0 Å².